The number of para-hydroxylation sites is 1. The van der Waals surface area contributed by atoms with Gasteiger partial charge in [-0.1, -0.05) is 17.7 Å². The number of anilines is 1. The Hall–Kier alpha value is -2.40. The molecule has 0 aliphatic carbocycles. The van der Waals surface area contributed by atoms with Crippen LogP contribution in [0.3, 0.4) is 0 Å². The average Bonchev–Trinajstić information content (AvgIpc) is 2.49. The van der Waals surface area contributed by atoms with E-state index in [1.807, 2.05) is 0 Å². The van der Waals surface area contributed by atoms with Crippen LogP contribution in [-0.4, -0.2) is 25.2 Å². The second kappa shape index (κ2) is 6.37. The number of nitrogens with one attached hydrogen (secondary N) is 1. The third kappa shape index (κ3) is 3.20. The zero-order valence-electron chi connectivity index (χ0n) is 11.5. The Morgan fingerprint density at radius 3 is 2.52 bits per heavy atom. The molecule has 2 N–H and O–H groups in total. The minimum Gasteiger partial charge on any atom is -0.504 e. The van der Waals surface area contributed by atoms with Gasteiger partial charge in [-0.25, -0.2) is 0 Å². The quantitative estimate of drug-likeness (QED) is 0.909. The number of methoxy groups -OCH3 is 2. The molecule has 0 unspecified atom stereocenters. The van der Waals surface area contributed by atoms with Gasteiger partial charge in [-0.05, 0) is 24.3 Å². The zero-order valence-corrected chi connectivity index (χ0v) is 12.3. The van der Waals surface area contributed by atoms with Crippen LogP contribution in [0.4, 0.5) is 5.69 Å². The summed E-state index contributed by atoms with van der Waals surface area (Å²) in [6.45, 7) is 0. The molecule has 21 heavy (non-hydrogen) atoms. The Morgan fingerprint density at radius 2 is 1.86 bits per heavy atom. The smallest absolute Gasteiger partial charge is 0.259 e. The van der Waals surface area contributed by atoms with Gasteiger partial charge in [-0.3, -0.25) is 4.79 Å². The van der Waals surface area contributed by atoms with Crippen molar-refractivity contribution in [1.82, 2.24) is 0 Å². The lowest BCUT2D eigenvalue weighted by Crippen LogP contribution is -2.12. The van der Waals surface area contributed by atoms with Crippen molar-refractivity contribution in [2.24, 2.45) is 0 Å². The maximum Gasteiger partial charge on any atom is 0.259 e. The lowest BCUT2D eigenvalue weighted by Gasteiger charge is -2.10. The Labute approximate surface area is 127 Å². The number of benzene rings is 2. The largest absolute Gasteiger partial charge is 0.504 e. The molecule has 0 heterocycles. The summed E-state index contributed by atoms with van der Waals surface area (Å²) in [4.78, 5) is 12.2. The van der Waals surface area contributed by atoms with Crippen molar-refractivity contribution in [2.75, 3.05) is 19.5 Å². The van der Waals surface area contributed by atoms with Crippen molar-refractivity contribution < 1.29 is 19.4 Å². The number of aromatic hydroxyl groups is 1. The molecule has 0 aromatic heterocycles. The summed E-state index contributed by atoms with van der Waals surface area (Å²) >= 11 is 5.92. The fourth-order valence-electron chi connectivity index (χ4n) is 1.81. The highest BCUT2D eigenvalue weighted by Crippen LogP contribution is 2.31. The molecule has 0 saturated carbocycles. The summed E-state index contributed by atoms with van der Waals surface area (Å²) in [5, 5.41) is 13.1. The first-order valence-electron chi connectivity index (χ1n) is 6.07. The van der Waals surface area contributed by atoms with Gasteiger partial charge < -0.3 is 19.9 Å². The standard InChI is InChI=1S/C15H14ClNO4/c1-20-12-5-3-4-10(14(12)18)15(19)17-9-6-7-11(16)13(8-9)21-2/h3-8,18H,1-2H3,(H,17,19). The number of rotatable bonds is 4. The molecule has 0 bridgehead atoms. The van der Waals surface area contributed by atoms with E-state index in [4.69, 9.17) is 21.1 Å². The normalized spacial score (nSPS) is 10.0. The summed E-state index contributed by atoms with van der Waals surface area (Å²) < 4.78 is 10.1. The highest BCUT2D eigenvalue weighted by atomic mass is 35.5. The molecule has 5 nitrogen and oxygen atoms in total. The topological polar surface area (TPSA) is 67.8 Å². The second-order valence-electron chi connectivity index (χ2n) is 4.16. The van der Waals surface area contributed by atoms with Gasteiger partial charge in [-0.2, -0.15) is 0 Å². The van der Waals surface area contributed by atoms with Crippen molar-refractivity contribution in [2.45, 2.75) is 0 Å². The molecular formula is C15H14ClNO4. The predicted molar refractivity (Wildman–Crippen MR) is 80.6 cm³/mol. The van der Waals surface area contributed by atoms with E-state index in [9.17, 15) is 9.90 Å². The molecular weight excluding hydrogens is 294 g/mol. The van der Waals surface area contributed by atoms with E-state index in [1.165, 1.54) is 20.3 Å². The van der Waals surface area contributed by atoms with E-state index in [0.717, 1.165) is 0 Å². The van der Waals surface area contributed by atoms with Crippen LogP contribution >= 0.6 is 11.6 Å². The van der Waals surface area contributed by atoms with Crippen molar-refractivity contribution in [3.05, 3.63) is 47.0 Å². The van der Waals surface area contributed by atoms with Crippen LogP contribution in [0, 0.1) is 0 Å². The summed E-state index contributed by atoms with van der Waals surface area (Å²) in [6, 6.07) is 9.53. The van der Waals surface area contributed by atoms with Crippen molar-refractivity contribution >= 4 is 23.2 Å². The fraction of sp³-hybridized carbons (Fsp3) is 0.133. The molecule has 0 atom stereocenters. The van der Waals surface area contributed by atoms with Crippen LogP contribution in [0.2, 0.25) is 5.02 Å². The molecule has 0 fully saturated rings. The molecule has 110 valence electrons. The van der Waals surface area contributed by atoms with Gasteiger partial charge in [0.15, 0.2) is 11.5 Å². The number of hydrogen-bond donors (Lipinski definition) is 2. The summed E-state index contributed by atoms with van der Waals surface area (Å²) in [6.07, 6.45) is 0. The number of ether oxygens (including phenoxy) is 2. The fourth-order valence-corrected chi connectivity index (χ4v) is 2.00. The molecule has 0 saturated heterocycles. The lowest BCUT2D eigenvalue weighted by molar-refractivity contribution is 0.102. The van der Waals surface area contributed by atoms with E-state index in [-0.39, 0.29) is 17.1 Å². The van der Waals surface area contributed by atoms with E-state index in [0.29, 0.717) is 16.5 Å². The summed E-state index contributed by atoms with van der Waals surface area (Å²) in [5.41, 5.74) is 0.617. The van der Waals surface area contributed by atoms with Gasteiger partial charge in [0, 0.05) is 11.8 Å². The molecule has 1 amide bonds. The first-order chi connectivity index (χ1) is 10.1. The molecule has 0 radical (unpaired) electrons. The van der Waals surface area contributed by atoms with Gasteiger partial charge in [0.25, 0.3) is 5.91 Å². The summed E-state index contributed by atoms with van der Waals surface area (Å²) in [7, 11) is 2.90. The molecule has 0 aliphatic rings. The maximum atomic E-state index is 12.2. The Kier molecular flexibility index (Phi) is 4.55. The van der Waals surface area contributed by atoms with Crippen LogP contribution < -0.4 is 14.8 Å². The van der Waals surface area contributed by atoms with E-state index < -0.39 is 5.91 Å². The molecule has 2 aromatic rings. The SMILES string of the molecule is COc1cc(NC(=O)c2cccc(OC)c2O)ccc1Cl. The van der Waals surface area contributed by atoms with Crippen LogP contribution in [-0.2, 0) is 0 Å². The number of phenols is 1. The first-order valence-corrected chi connectivity index (χ1v) is 6.45. The first kappa shape index (κ1) is 15.0. The van der Waals surface area contributed by atoms with Crippen LogP contribution in [0.15, 0.2) is 36.4 Å². The van der Waals surface area contributed by atoms with Crippen molar-refractivity contribution in [3.8, 4) is 17.2 Å². The third-order valence-electron chi connectivity index (χ3n) is 2.87. The van der Waals surface area contributed by atoms with Crippen molar-refractivity contribution in [1.29, 1.82) is 0 Å². The Bertz CT molecular complexity index is 673. The third-order valence-corrected chi connectivity index (χ3v) is 3.18. The van der Waals surface area contributed by atoms with E-state index in [1.54, 1.807) is 30.3 Å². The number of halogens is 1. The molecule has 0 aliphatic heterocycles. The van der Waals surface area contributed by atoms with E-state index >= 15 is 0 Å². The number of carbonyl (C=O) groups is 1. The molecule has 2 rings (SSSR count). The van der Waals surface area contributed by atoms with Gasteiger partial charge >= 0.3 is 0 Å². The summed E-state index contributed by atoms with van der Waals surface area (Å²) in [5.74, 6) is 0.00914. The Balaban J connectivity index is 2.26. The average molecular weight is 308 g/mol. The van der Waals surface area contributed by atoms with Crippen LogP contribution in [0.5, 0.6) is 17.2 Å². The van der Waals surface area contributed by atoms with Gasteiger partial charge in [0.05, 0.1) is 24.8 Å². The number of phenolic OH excluding ortho intramolecular Hbond substituents is 1. The van der Waals surface area contributed by atoms with Crippen LogP contribution in [0.25, 0.3) is 0 Å². The van der Waals surface area contributed by atoms with Crippen LogP contribution in [0.1, 0.15) is 10.4 Å². The maximum absolute atomic E-state index is 12.2. The van der Waals surface area contributed by atoms with Gasteiger partial charge in [0.2, 0.25) is 0 Å². The highest BCUT2D eigenvalue weighted by molar-refractivity contribution is 6.32. The highest BCUT2D eigenvalue weighted by Gasteiger charge is 2.15. The molecule has 2 aromatic carbocycles. The van der Waals surface area contributed by atoms with Crippen molar-refractivity contribution in [3.63, 3.8) is 0 Å². The minimum atomic E-state index is -0.462. The number of carbonyl (C=O) groups excluding carboxylic acids is 1. The predicted octanol–water partition coefficient (Wildman–Crippen LogP) is 3.32. The monoisotopic (exact) mass is 307 g/mol. The zero-order chi connectivity index (χ0) is 15.4. The van der Waals surface area contributed by atoms with Gasteiger partial charge in [-0.15, -0.1) is 0 Å². The number of hydrogen-bond acceptors (Lipinski definition) is 4. The minimum absolute atomic E-state index is 0.114. The van der Waals surface area contributed by atoms with E-state index in [2.05, 4.69) is 5.32 Å². The second-order valence-corrected chi connectivity index (χ2v) is 4.57. The molecule has 0 spiro atoms. The van der Waals surface area contributed by atoms with Gasteiger partial charge in [0.1, 0.15) is 5.75 Å². The number of amides is 1. The molecule has 6 heteroatoms. The lowest BCUT2D eigenvalue weighted by atomic mass is 10.1. The Morgan fingerprint density at radius 1 is 1.14 bits per heavy atom.